The van der Waals surface area contributed by atoms with Crippen LogP contribution in [0.4, 0.5) is 0 Å². The first-order valence-electron chi connectivity index (χ1n) is 7.98. The second-order valence-electron chi connectivity index (χ2n) is 5.91. The van der Waals surface area contributed by atoms with Crippen molar-refractivity contribution >= 4 is 22.1 Å². The van der Waals surface area contributed by atoms with E-state index in [-0.39, 0.29) is 5.75 Å². The smallest absolute Gasteiger partial charge is 0.119 e. The first-order valence-corrected chi connectivity index (χ1v) is 7.98. The van der Waals surface area contributed by atoms with Crippen LogP contribution in [0.1, 0.15) is 0 Å². The Morgan fingerprint density at radius 3 is 1.64 bits per heavy atom. The SMILES string of the molecule is Oc1cc(-n2cnc3ccccc32)cc(-n2cnc3ccccc32)c1. The lowest BCUT2D eigenvalue weighted by molar-refractivity contribution is 0.475. The molecule has 0 radical (unpaired) electrons. The molecule has 1 N–H and O–H groups in total. The lowest BCUT2D eigenvalue weighted by Crippen LogP contribution is -1.97. The topological polar surface area (TPSA) is 55.9 Å². The highest BCUT2D eigenvalue weighted by atomic mass is 16.3. The number of hydrogen-bond donors (Lipinski definition) is 1. The predicted octanol–water partition coefficient (Wildman–Crippen LogP) is 4.07. The molecule has 2 aromatic heterocycles. The van der Waals surface area contributed by atoms with Gasteiger partial charge in [0.25, 0.3) is 0 Å². The lowest BCUT2D eigenvalue weighted by Gasteiger charge is -2.10. The maximum absolute atomic E-state index is 10.3. The Balaban J connectivity index is 1.73. The van der Waals surface area contributed by atoms with Crippen molar-refractivity contribution in [3.63, 3.8) is 0 Å². The Bertz CT molecular complexity index is 1130. The minimum atomic E-state index is 0.197. The number of hydrogen-bond acceptors (Lipinski definition) is 3. The number of imidazole rings is 2. The van der Waals surface area contributed by atoms with Crippen molar-refractivity contribution in [2.75, 3.05) is 0 Å². The predicted molar refractivity (Wildman–Crippen MR) is 97.4 cm³/mol. The summed E-state index contributed by atoms with van der Waals surface area (Å²) in [6, 6.07) is 21.3. The third-order valence-corrected chi connectivity index (χ3v) is 4.35. The van der Waals surface area contributed by atoms with Gasteiger partial charge in [0.2, 0.25) is 0 Å². The Labute approximate surface area is 143 Å². The minimum Gasteiger partial charge on any atom is -0.508 e. The maximum Gasteiger partial charge on any atom is 0.119 e. The molecule has 0 aliphatic rings. The molecule has 0 bridgehead atoms. The van der Waals surface area contributed by atoms with E-state index in [1.54, 1.807) is 24.8 Å². The van der Waals surface area contributed by atoms with Crippen molar-refractivity contribution in [2.45, 2.75) is 0 Å². The molecule has 0 spiro atoms. The molecule has 0 saturated carbocycles. The van der Waals surface area contributed by atoms with Gasteiger partial charge < -0.3 is 5.11 Å². The van der Waals surface area contributed by atoms with Crippen molar-refractivity contribution in [1.29, 1.82) is 0 Å². The summed E-state index contributed by atoms with van der Waals surface area (Å²) < 4.78 is 3.94. The van der Waals surface area contributed by atoms with Crippen LogP contribution in [0, 0.1) is 0 Å². The highest BCUT2D eigenvalue weighted by Crippen LogP contribution is 2.27. The zero-order chi connectivity index (χ0) is 16.8. The molecule has 5 aromatic rings. The van der Waals surface area contributed by atoms with Crippen LogP contribution < -0.4 is 0 Å². The van der Waals surface area contributed by atoms with E-state index in [9.17, 15) is 5.11 Å². The number of aromatic nitrogens is 4. The van der Waals surface area contributed by atoms with Gasteiger partial charge in [-0.3, -0.25) is 9.13 Å². The fourth-order valence-electron chi connectivity index (χ4n) is 3.19. The summed E-state index contributed by atoms with van der Waals surface area (Å²) in [6.45, 7) is 0. The molecule has 5 rings (SSSR count). The fourth-order valence-corrected chi connectivity index (χ4v) is 3.19. The van der Waals surface area contributed by atoms with Crippen LogP contribution in [0.25, 0.3) is 33.4 Å². The van der Waals surface area contributed by atoms with Crippen molar-refractivity contribution in [3.8, 4) is 17.1 Å². The quantitative estimate of drug-likeness (QED) is 0.532. The second-order valence-corrected chi connectivity index (χ2v) is 5.91. The van der Waals surface area contributed by atoms with Crippen LogP contribution in [-0.4, -0.2) is 24.2 Å². The fraction of sp³-hybridized carbons (Fsp3) is 0. The molecule has 0 unspecified atom stereocenters. The summed E-state index contributed by atoms with van der Waals surface area (Å²) in [6.07, 6.45) is 3.55. The first-order chi connectivity index (χ1) is 12.3. The second kappa shape index (κ2) is 5.21. The van der Waals surface area contributed by atoms with Gasteiger partial charge in [0.15, 0.2) is 0 Å². The number of fused-ring (bicyclic) bond motifs is 2. The van der Waals surface area contributed by atoms with Gasteiger partial charge in [-0.15, -0.1) is 0 Å². The number of benzene rings is 3. The highest BCUT2D eigenvalue weighted by molar-refractivity contribution is 5.79. The molecular formula is C20H14N4O. The molecule has 5 nitrogen and oxygen atoms in total. The summed E-state index contributed by atoms with van der Waals surface area (Å²) in [5.74, 6) is 0.197. The van der Waals surface area contributed by atoms with Crippen molar-refractivity contribution in [1.82, 2.24) is 19.1 Å². The number of aromatic hydroxyl groups is 1. The molecular weight excluding hydrogens is 312 g/mol. The van der Waals surface area contributed by atoms with E-state index < -0.39 is 0 Å². The van der Waals surface area contributed by atoms with Gasteiger partial charge in [0, 0.05) is 12.1 Å². The van der Waals surface area contributed by atoms with E-state index in [0.717, 1.165) is 33.4 Å². The average Bonchev–Trinajstić information content (AvgIpc) is 3.25. The van der Waals surface area contributed by atoms with Crippen LogP contribution in [0.3, 0.4) is 0 Å². The van der Waals surface area contributed by atoms with Crippen LogP contribution in [0.5, 0.6) is 5.75 Å². The lowest BCUT2D eigenvalue weighted by atomic mass is 10.2. The Morgan fingerprint density at radius 2 is 1.12 bits per heavy atom. The first kappa shape index (κ1) is 13.8. The number of rotatable bonds is 2. The van der Waals surface area contributed by atoms with Gasteiger partial charge >= 0.3 is 0 Å². The Hall–Kier alpha value is -3.60. The molecule has 0 aliphatic carbocycles. The molecule has 25 heavy (non-hydrogen) atoms. The van der Waals surface area contributed by atoms with Gasteiger partial charge in [-0.1, -0.05) is 24.3 Å². The third-order valence-electron chi connectivity index (χ3n) is 4.35. The van der Waals surface area contributed by atoms with Gasteiger partial charge in [-0.2, -0.15) is 0 Å². The molecule has 3 aromatic carbocycles. The zero-order valence-corrected chi connectivity index (χ0v) is 13.2. The van der Waals surface area contributed by atoms with Crippen molar-refractivity contribution in [3.05, 3.63) is 79.4 Å². The molecule has 120 valence electrons. The molecule has 2 heterocycles. The van der Waals surface area contributed by atoms with Gasteiger partial charge in [0.05, 0.1) is 33.4 Å². The maximum atomic E-state index is 10.3. The molecule has 0 fully saturated rings. The van der Waals surface area contributed by atoms with Gasteiger partial charge in [0.1, 0.15) is 18.4 Å². The summed E-state index contributed by atoms with van der Waals surface area (Å²) in [4.78, 5) is 8.86. The molecule has 5 heteroatoms. The minimum absolute atomic E-state index is 0.197. The van der Waals surface area contributed by atoms with Crippen LogP contribution >= 0.6 is 0 Å². The average molecular weight is 326 g/mol. The third kappa shape index (κ3) is 2.17. The summed E-state index contributed by atoms with van der Waals surface area (Å²) in [5.41, 5.74) is 5.52. The Morgan fingerprint density at radius 1 is 0.640 bits per heavy atom. The van der Waals surface area contributed by atoms with Gasteiger partial charge in [-0.25, -0.2) is 9.97 Å². The summed E-state index contributed by atoms with van der Waals surface area (Å²) in [5, 5.41) is 10.3. The highest BCUT2D eigenvalue weighted by Gasteiger charge is 2.10. The summed E-state index contributed by atoms with van der Waals surface area (Å²) in [7, 11) is 0. The summed E-state index contributed by atoms with van der Waals surface area (Å²) >= 11 is 0. The number of phenolic OH excluding ortho intramolecular Hbond substituents is 1. The van der Waals surface area contributed by atoms with E-state index in [0.29, 0.717) is 0 Å². The van der Waals surface area contributed by atoms with E-state index in [2.05, 4.69) is 9.97 Å². The molecule has 0 amide bonds. The van der Waals surface area contributed by atoms with Crippen molar-refractivity contribution < 1.29 is 5.11 Å². The number of nitrogens with zero attached hydrogens (tertiary/aromatic N) is 4. The van der Waals surface area contributed by atoms with Crippen LogP contribution in [-0.2, 0) is 0 Å². The van der Waals surface area contributed by atoms with E-state index in [1.807, 2.05) is 63.7 Å². The molecule has 0 atom stereocenters. The van der Waals surface area contributed by atoms with E-state index >= 15 is 0 Å². The standard InChI is InChI=1S/C20H14N4O/c25-16-10-14(23-12-21-17-5-1-3-7-19(17)23)9-15(11-16)24-13-22-18-6-2-4-8-20(18)24/h1-13,25H. The van der Waals surface area contributed by atoms with E-state index in [4.69, 9.17) is 0 Å². The van der Waals surface area contributed by atoms with Crippen LogP contribution in [0.2, 0.25) is 0 Å². The van der Waals surface area contributed by atoms with Gasteiger partial charge in [-0.05, 0) is 30.3 Å². The largest absolute Gasteiger partial charge is 0.508 e. The monoisotopic (exact) mass is 326 g/mol. The number of phenols is 1. The molecule has 0 saturated heterocycles. The van der Waals surface area contributed by atoms with Crippen LogP contribution in [0.15, 0.2) is 79.4 Å². The van der Waals surface area contributed by atoms with E-state index in [1.165, 1.54) is 0 Å². The Kier molecular flexibility index (Phi) is 2.87. The molecule has 0 aliphatic heterocycles. The number of para-hydroxylation sites is 4. The zero-order valence-electron chi connectivity index (χ0n) is 13.2. The normalized spacial score (nSPS) is 11.4. The van der Waals surface area contributed by atoms with Crippen molar-refractivity contribution in [2.24, 2.45) is 0 Å².